The summed E-state index contributed by atoms with van der Waals surface area (Å²) in [7, 11) is 0. The lowest BCUT2D eigenvalue weighted by atomic mass is 10.1. The number of nitrogens with zero attached hydrogens (tertiary/aromatic N) is 1. The maximum atomic E-state index is 5.60. The highest BCUT2D eigenvalue weighted by molar-refractivity contribution is 5.80. The van der Waals surface area contributed by atoms with E-state index in [0.717, 1.165) is 33.7 Å². The predicted octanol–water partition coefficient (Wildman–Crippen LogP) is 4.18. The molecule has 1 aliphatic heterocycles. The molecule has 1 aromatic heterocycles. The monoisotopic (exact) mass is 289 g/mol. The molecule has 0 unspecified atom stereocenters. The van der Waals surface area contributed by atoms with Gasteiger partial charge in [0.1, 0.15) is 13.2 Å². The van der Waals surface area contributed by atoms with Crippen molar-refractivity contribution in [1.82, 2.24) is 4.98 Å². The second kappa shape index (κ2) is 5.53. The highest BCUT2D eigenvalue weighted by Gasteiger charge is 2.10. The SMILES string of the molecule is C(=Cc1ccc2ccccc2n1)c1ccc2c(c1)OCCO2. The molecule has 0 N–H and O–H groups in total. The molecule has 0 bridgehead atoms. The molecule has 4 rings (SSSR count). The van der Waals surface area contributed by atoms with E-state index in [9.17, 15) is 0 Å². The van der Waals surface area contributed by atoms with Crippen LogP contribution < -0.4 is 9.47 Å². The number of fused-ring (bicyclic) bond motifs is 2. The van der Waals surface area contributed by atoms with Gasteiger partial charge in [-0.05, 0) is 35.9 Å². The average molecular weight is 289 g/mol. The van der Waals surface area contributed by atoms with Crippen LogP contribution in [0.3, 0.4) is 0 Å². The van der Waals surface area contributed by atoms with Gasteiger partial charge in [0.25, 0.3) is 0 Å². The fourth-order valence-corrected chi connectivity index (χ4v) is 2.52. The van der Waals surface area contributed by atoms with Gasteiger partial charge in [0.15, 0.2) is 11.5 Å². The number of benzene rings is 2. The van der Waals surface area contributed by atoms with Crippen LogP contribution in [-0.4, -0.2) is 18.2 Å². The molecular weight excluding hydrogens is 274 g/mol. The Kier molecular flexibility index (Phi) is 3.24. The quantitative estimate of drug-likeness (QED) is 0.709. The summed E-state index contributed by atoms with van der Waals surface area (Å²) in [6.45, 7) is 1.22. The third-order valence-electron chi connectivity index (χ3n) is 3.63. The van der Waals surface area contributed by atoms with Crippen LogP contribution in [0.5, 0.6) is 11.5 Å². The first-order valence-corrected chi connectivity index (χ1v) is 7.32. The molecule has 2 heterocycles. The number of rotatable bonds is 2. The van der Waals surface area contributed by atoms with Crippen molar-refractivity contribution in [2.45, 2.75) is 0 Å². The Morgan fingerprint density at radius 2 is 1.68 bits per heavy atom. The molecule has 0 fully saturated rings. The molecule has 0 saturated carbocycles. The lowest BCUT2D eigenvalue weighted by molar-refractivity contribution is 0.171. The number of pyridine rings is 1. The highest BCUT2D eigenvalue weighted by Crippen LogP contribution is 2.31. The minimum Gasteiger partial charge on any atom is -0.486 e. The first kappa shape index (κ1) is 12.9. The number of ether oxygens (including phenoxy) is 2. The maximum Gasteiger partial charge on any atom is 0.161 e. The zero-order valence-corrected chi connectivity index (χ0v) is 12.0. The van der Waals surface area contributed by atoms with Gasteiger partial charge in [-0.1, -0.05) is 36.4 Å². The second-order valence-corrected chi connectivity index (χ2v) is 5.17. The molecule has 0 atom stereocenters. The van der Waals surface area contributed by atoms with Gasteiger partial charge in [-0.15, -0.1) is 0 Å². The standard InChI is InChI=1S/C19H15NO2/c1-2-4-17-15(3-1)7-9-16(20-17)8-5-14-6-10-18-19(13-14)22-12-11-21-18/h1-10,13H,11-12H2. The summed E-state index contributed by atoms with van der Waals surface area (Å²) in [4.78, 5) is 4.64. The third-order valence-corrected chi connectivity index (χ3v) is 3.63. The van der Waals surface area contributed by atoms with E-state index in [-0.39, 0.29) is 0 Å². The Labute approximate surface area is 128 Å². The van der Waals surface area contributed by atoms with Gasteiger partial charge in [-0.2, -0.15) is 0 Å². The van der Waals surface area contributed by atoms with Gasteiger partial charge in [0.2, 0.25) is 0 Å². The first-order valence-electron chi connectivity index (χ1n) is 7.32. The highest BCUT2D eigenvalue weighted by atomic mass is 16.6. The van der Waals surface area contributed by atoms with Gasteiger partial charge in [0, 0.05) is 5.39 Å². The summed E-state index contributed by atoms with van der Waals surface area (Å²) in [6, 6.07) is 18.2. The summed E-state index contributed by atoms with van der Waals surface area (Å²) >= 11 is 0. The van der Waals surface area contributed by atoms with Crippen LogP contribution in [0.1, 0.15) is 11.3 Å². The van der Waals surface area contributed by atoms with Crippen molar-refractivity contribution in [3.05, 3.63) is 65.9 Å². The van der Waals surface area contributed by atoms with Crippen LogP contribution >= 0.6 is 0 Å². The van der Waals surface area contributed by atoms with Crippen LogP contribution in [0, 0.1) is 0 Å². The molecule has 1 aliphatic rings. The Morgan fingerprint density at radius 1 is 0.818 bits per heavy atom. The van der Waals surface area contributed by atoms with Crippen LogP contribution in [0.25, 0.3) is 23.1 Å². The zero-order valence-electron chi connectivity index (χ0n) is 12.0. The van der Waals surface area contributed by atoms with Gasteiger partial charge in [-0.25, -0.2) is 4.98 Å². The summed E-state index contributed by atoms with van der Waals surface area (Å²) in [5, 5.41) is 1.15. The fraction of sp³-hybridized carbons (Fsp3) is 0.105. The van der Waals surface area contributed by atoms with Crippen molar-refractivity contribution in [3.8, 4) is 11.5 Å². The van der Waals surface area contributed by atoms with Crippen molar-refractivity contribution in [3.63, 3.8) is 0 Å². The van der Waals surface area contributed by atoms with Crippen LogP contribution in [0.15, 0.2) is 54.6 Å². The van der Waals surface area contributed by atoms with Crippen LogP contribution in [0.2, 0.25) is 0 Å². The fourth-order valence-electron chi connectivity index (χ4n) is 2.52. The van der Waals surface area contributed by atoms with E-state index in [2.05, 4.69) is 17.1 Å². The van der Waals surface area contributed by atoms with Crippen molar-refractivity contribution in [1.29, 1.82) is 0 Å². The molecule has 22 heavy (non-hydrogen) atoms. The molecule has 0 aliphatic carbocycles. The van der Waals surface area contributed by atoms with Crippen molar-refractivity contribution in [2.75, 3.05) is 13.2 Å². The van der Waals surface area contributed by atoms with Gasteiger partial charge in [0.05, 0.1) is 11.2 Å². The topological polar surface area (TPSA) is 31.4 Å². The number of para-hydroxylation sites is 1. The lowest BCUT2D eigenvalue weighted by Gasteiger charge is -2.18. The van der Waals surface area contributed by atoms with Crippen molar-refractivity contribution in [2.24, 2.45) is 0 Å². The largest absolute Gasteiger partial charge is 0.486 e. The van der Waals surface area contributed by atoms with E-state index in [4.69, 9.17) is 9.47 Å². The Bertz CT molecular complexity index is 855. The molecular formula is C19H15NO2. The summed E-state index contributed by atoms with van der Waals surface area (Å²) in [5.41, 5.74) is 3.01. The second-order valence-electron chi connectivity index (χ2n) is 5.17. The third kappa shape index (κ3) is 2.53. The van der Waals surface area contributed by atoms with E-state index >= 15 is 0 Å². The predicted molar refractivity (Wildman–Crippen MR) is 88.1 cm³/mol. The molecule has 108 valence electrons. The normalized spacial score (nSPS) is 13.6. The Hall–Kier alpha value is -2.81. The average Bonchev–Trinajstić information content (AvgIpc) is 2.59. The smallest absolute Gasteiger partial charge is 0.161 e. The Morgan fingerprint density at radius 3 is 2.64 bits per heavy atom. The van der Waals surface area contributed by atoms with E-state index in [0.29, 0.717) is 13.2 Å². The van der Waals surface area contributed by atoms with Gasteiger partial charge >= 0.3 is 0 Å². The molecule has 0 saturated heterocycles. The Balaban J connectivity index is 1.62. The minimum atomic E-state index is 0.604. The van der Waals surface area contributed by atoms with E-state index < -0.39 is 0 Å². The molecule has 2 aromatic carbocycles. The molecule has 3 nitrogen and oxygen atoms in total. The van der Waals surface area contributed by atoms with Crippen molar-refractivity contribution < 1.29 is 9.47 Å². The summed E-state index contributed by atoms with van der Waals surface area (Å²) < 4.78 is 11.1. The molecule has 0 radical (unpaired) electrons. The van der Waals surface area contributed by atoms with Crippen LogP contribution in [-0.2, 0) is 0 Å². The number of hydrogen-bond donors (Lipinski definition) is 0. The molecule has 3 aromatic rings. The van der Waals surface area contributed by atoms with Crippen LogP contribution in [0.4, 0.5) is 0 Å². The van der Waals surface area contributed by atoms with E-state index in [1.54, 1.807) is 0 Å². The van der Waals surface area contributed by atoms with Gasteiger partial charge in [-0.3, -0.25) is 0 Å². The zero-order chi connectivity index (χ0) is 14.8. The molecule has 0 amide bonds. The number of hydrogen-bond acceptors (Lipinski definition) is 3. The summed E-state index contributed by atoms with van der Waals surface area (Å²) in [6.07, 6.45) is 4.05. The molecule has 0 spiro atoms. The minimum absolute atomic E-state index is 0.604. The van der Waals surface area contributed by atoms with Gasteiger partial charge < -0.3 is 9.47 Å². The maximum absolute atomic E-state index is 5.60. The van der Waals surface area contributed by atoms with E-state index in [1.807, 2.05) is 54.6 Å². The lowest BCUT2D eigenvalue weighted by Crippen LogP contribution is -2.15. The van der Waals surface area contributed by atoms with Crippen molar-refractivity contribution >= 4 is 23.1 Å². The summed E-state index contributed by atoms with van der Waals surface area (Å²) in [5.74, 6) is 1.62. The first-order chi connectivity index (χ1) is 10.9. The number of aromatic nitrogens is 1. The molecule has 3 heteroatoms. The van der Waals surface area contributed by atoms with E-state index in [1.165, 1.54) is 0 Å².